The van der Waals surface area contributed by atoms with Gasteiger partial charge in [-0.2, -0.15) is 0 Å². The van der Waals surface area contributed by atoms with E-state index in [4.69, 9.17) is 4.74 Å². The lowest BCUT2D eigenvalue weighted by Crippen LogP contribution is -2.05. The molecule has 67 valence electrons. The van der Waals surface area contributed by atoms with Crippen LogP contribution >= 0.6 is 0 Å². The van der Waals surface area contributed by atoms with Gasteiger partial charge >= 0.3 is 0 Å². The maximum atomic E-state index is 9.81. The van der Waals surface area contributed by atoms with Crippen LogP contribution < -0.4 is 0 Å². The third-order valence-electron chi connectivity index (χ3n) is 1.11. The van der Waals surface area contributed by atoms with E-state index in [2.05, 4.69) is 18.6 Å². The van der Waals surface area contributed by atoms with Crippen molar-refractivity contribution in [2.75, 3.05) is 26.6 Å². The van der Waals surface area contributed by atoms with Crippen molar-refractivity contribution in [1.82, 2.24) is 0 Å². The van der Waals surface area contributed by atoms with E-state index in [1.807, 2.05) is 0 Å². The van der Waals surface area contributed by atoms with Crippen molar-refractivity contribution < 1.29 is 14.6 Å². The van der Waals surface area contributed by atoms with Crippen LogP contribution in [-0.2, 0) is 14.6 Å². The maximum Gasteiger partial charge on any atom is 0.180 e. The lowest BCUT2D eigenvalue weighted by Gasteiger charge is -2.05. The van der Waals surface area contributed by atoms with Gasteiger partial charge in [-0.1, -0.05) is 13.8 Å². The minimum absolute atomic E-state index is 0.440. The second-order valence-corrected chi connectivity index (χ2v) is 2.85. The van der Waals surface area contributed by atoms with E-state index >= 15 is 0 Å². The molecule has 0 amide bonds. The molecular weight excluding hydrogens is 144 g/mol. The molecule has 0 aromatic rings. The Bertz CT molecular complexity index is 73.7. The van der Waals surface area contributed by atoms with Crippen molar-refractivity contribution in [3.05, 3.63) is 0 Å². The van der Waals surface area contributed by atoms with Crippen LogP contribution in [0.1, 0.15) is 20.3 Å². The molecule has 0 aliphatic rings. The molecule has 0 saturated heterocycles. The fourth-order valence-corrected chi connectivity index (χ4v) is 0.641. The first-order valence-electron chi connectivity index (χ1n) is 4.01. The zero-order valence-corrected chi connectivity index (χ0v) is 7.34. The Kier molecular flexibility index (Phi) is 7.89. The average molecular weight is 161 g/mol. The largest absolute Gasteiger partial charge is 0.381 e. The second-order valence-electron chi connectivity index (χ2n) is 2.85. The average Bonchev–Trinajstić information content (AvgIpc) is 1.96. The van der Waals surface area contributed by atoms with E-state index in [-0.39, 0.29) is 0 Å². The van der Waals surface area contributed by atoms with Crippen LogP contribution in [-0.4, -0.2) is 26.6 Å². The van der Waals surface area contributed by atoms with Gasteiger partial charge < -0.3 is 9.47 Å². The minimum Gasteiger partial charge on any atom is -0.381 e. The van der Waals surface area contributed by atoms with Crippen molar-refractivity contribution in [3.8, 4) is 0 Å². The first kappa shape index (κ1) is 10.9. The van der Waals surface area contributed by atoms with Crippen molar-refractivity contribution in [1.29, 1.82) is 0 Å². The summed E-state index contributed by atoms with van der Waals surface area (Å²) in [6.07, 6.45) is 0.814. The van der Waals surface area contributed by atoms with Crippen LogP contribution in [0, 0.1) is 5.92 Å². The van der Waals surface area contributed by atoms with Gasteiger partial charge in [-0.25, -0.2) is 5.11 Å². The standard InChI is InChI=1S/C8H17O3/c1-8(2)6-10-4-3-5-11-7-9/h8H,3-7H2,1-2H3. The van der Waals surface area contributed by atoms with Gasteiger partial charge in [0.05, 0.1) is 6.61 Å². The van der Waals surface area contributed by atoms with Gasteiger partial charge in [0.2, 0.25) is 0 Å². The molecule has 11 heavy (non-hydrogen) atoms. The lowest BCUT2D eigenvalue weighted by molar-refractivity contribution is -0.0497. The third-order valence-corrected chi connectivity index (χ3v) is 1.11. The van der Waals surface area contributed by atoms with Crippen molar-refractivity contribution in [2.45, 2.75) is 20.3 Å². The predicted octanol–water partition coefficient (Wildman–Crippen LogP) is 1.45. The van der Waals surface area contributed by atoms with Gasteiger partial charge in [0, 0.05) is 13.2 Å². The van der Waals surface area contributed by atoms with E-state index in [1.165, 1.54) is 0 Å². The van der Waals surface area contributed by atoms with Gasteiger partial charge in [0.25, 0.3) is 0 Å². The Morgan fingerprint density at radius 2 is 1.82 bits per heavy atom. The summed E-state index contributed by atoms with van der Waals surface area (Å²) in [6, 6.07) is 0. The third kappa shape index (κ3) is 9.88. The molecule has 3 nitrogen and oxygen atoms in total. The summed E-state index contributed by atoms with van der Waals surface area (Å²) in [5, 5.41) is 9.81. The molecule has 0 aliphatic heterocycles. The Labute approximate surface area is 68.3 Å². The fraction of sp³-hybridized carbons (Fsp3) is 1.00. The van der Waals surface area contributed by atoms with Gasteiger partial charge in [0.1, 0.15) is 0 Å². The molecule has 0 heterocycles. The van der Waals surface area contributed by atoms with Gasteiger partial charge in [-0.15, -0.1) is 0 Å². The molecule has 0 aromatic carbocycles. The molecule has 0 aromatic heterocycles. The molecule has 0 N–H and O–H groups in total. The Hall–Kier alpha value is -0.120. The molecule has 0 unspecified atom stereocenters. The smallest absolute Gasteiger partial charge is 0.180 e. The summed E-state index contributed by atoms with van der Waals surface area (Å²) in [7, 11) is 0. The summed E-state index contributed by atoms with van der Waals surface area (Å²) < 4.78 is 9.86. The monoisotopic (exact) mass is 161 g/mol. The minimum atomic E-state index is -0.440. The Morgan fingerprint density at radius 3 is 2.36 bits per heavy atom. The highest BCUT2D eigenvalue weighted by Gasteiger charge is 1.93. The van der Waals surface area contributed by atoms with E-state index in [0.717, 1.165) is 13.0 Å². The van der Waals surface area contributed by atoms with Crippen LogP contribution in [0.4, 0.5) is 0 Å². The van der Waals surface area contributed by atoms with Gasteiger partial charge in [0.15, 0.2) is 6.79 Å². The summed E-state index contributed by atoms with van der Waals surface area (Å²) in [5.41, 5.74) is 0. The van der Waals surface area contributed by atoms with Crippen molar-refractivity contribution >= 4 is 0 Å². The van der Waals surface area contributed by atoms with Crippen LogP contribution in [0.3, 0.4) is 0 Å². The molecule has 0 saturated carbocycles. The highest BCUT2D eigenvalue weighted by Crippen LogP contribution is 1.93. The highest BCUT2D eigenvalue weighted by molar-refractivity contribution is 4.40. The molecule has 3 heteroatoms. The molecule has 0 atom stereocenters. The molecule has 0 aliphatic carbocycles. The van der Waals surface area contributed by atoms with Crippen molar-refractivity contribution in [3.63, 3.8) is 0 Å². The first-order valence-corrected chi connectivity index (χ1v) is 4.01. The van der Waals surface area contributed by atoms with E-state index in [0.29, 0.717) is 19.1 Å². The summed E-state index contributed by atoms with van der Waals surface area (Å²) in [5.74, 6) is 0.579. The SMILES string of the molecule is CC(C)COCCCOC[O]. The first-order chi connectivity index (χ1) is 5.27. The summed E-state index contributed by atoms with van der Waals surface area (Å²) >= 11 is 0. The molecule has 1 radical (unpaired) electrons. The van der Waals surface area contributed by atoms with Crippen molar-refractivity contribution in [2.24, 2.45) is 5.92 Å². The maximum absolute atomic E-state index is 9.81. The molecule has 0 bridgehead atoms. The summed E-state index contributed by atoms with van der Waals surface area (Å²) in [6.45, 7) is 5.77. The highest BCUT2D eigenvalue weighted by atomic mass is 16.6. The van der Waals surface area contributed by atoms with Crippen LogP contribution in [0.25, 0.3) is 0 Å². The molecule has 0 rings (SSSR count). The van der Waals surface area contributed by atoms with Crippen LogP contribution in [0.2, 0.25) is 0 Å². The lowest BCUT2D eigenvalue weighted by atomic mass is 10.2. The second kappa shape index (κ2) is 7.98. The number of hydrogen-bond acceptors (Lipinski definition) is 2. The molecule has 0 fully saturated rings. The molecule has 0 spiro atoms. The zero-order chi connectivity index (χ0) is 8.53. The topological polar surface area (TPSA) is 38.4 Å². The normalized spacial score (nSPS) is 10.9. The van der Waals surface area contributed by atoms with Gasteiger partial charge in [-0.3, -0.25) is 0 Å². The van der Waals surface area contributed by atoms with Crippen LogP contribution in [0.5, 0.6) is 0 Å². The number of hydrogen-bond donors (Lipinski definition) is 0. The Morgan fingerprint density at radius 1 is 1.18 bits per heavy atom. The van der Waals surface area contributed by atoms with Gasteiger partial charge in [-0.05, 0) is 12.3 Å². The van der Waals surface area contributed by atoms with E-state index in [1.54, 1.807) is 0 Å². The molecular formula is C8H17O3. The van der Waals surface area contributed by atoms with E-state index < -0.39 is 6.79 Å². The fourth-order valence-electron chi connectivity index (χ4n) is 0.641. The zero-order valence-electron chi connectivity index (χ0n) is 7.34. The van der Waals surface area contributed by atoms with Crippen LogP contribution in [0.15, 0.2) is 0 Å². The quantitative estimate of drug-likeness (QED) is 0.418. The number of rotatable bonds is 7. The van der Waals surface area contributed by atoms with E-state index in [9.17, 15) is 5.11 Å². The Balaban J connectivity index is 2.80. The summed E-state index contributed by atoms with van der Waals surface area (Å²) in [4.78, 5) is 0. The number of ether oxygens (including phenoxy) is 2. The predicted molar refractivity (Wildman–Crippen MR) is 41.8 cm³/mol.